The van der Waals surface area contributed by atoms with E-state index in [0.717, 1.165) is 0 Å². The molecule has 60 valence electrons. The summed E-state index contributed by atoms with van der Waals surface area (Å²) in [7, 11) is 0. The fraction of sp³-hybridized carbons (Fsp3) is 0.556. The lowest BCUT2D eigenvalue weighted by Gasteiger charge is -1.99. The van der Waals surface area contributed by atoms with Crippen LogP contribution in [-0.4, -0.2) is 11.2 Å². The van der Waals surface area contributed by atoms with Gasteiger partial charge in [-0.15, -0.1) is 0 Å². The zero-order chi connectivity index (χ0) is 7.84. The van der Waals surface area contributed by atoms with Gasteiger partial charge < -0.3 is 5.11 Å². The average molecular weight is 168 g/mol. The van der Waals surface area contributed by atoms with Crippen LogP contribution in [0.25, 0.3) is 0 Å². The molecular formula is C9H12OS. The highest BCUT2D eigenvalue weighted by Gasteiger charge is 2.41. The summed E-state index contributed by atoms with van der Waals surface area (Å²) in [5.41, 5.74) is 1.42. The monoisotopic (exact) mass is 168 g/mol. The van der Waals surface area contributed by atoms with Crippen molar-refractivity contribution in [1.82, 2.24) is 0 Å². The van der Waals surface area contributed by atoms with Crippen molar-refractivity contribution in [2.45, 2.75) is 25.4 Å². The van der Waals surface area contributed by atoms with Crippen molar-refractivity contribution in [3.63, 3.8) is 0 Å². The summed E-state index contributed by atoms with van der Waals surface area (Å²) >= 11 is 1.74. The van der Waals surface area contributed by atoms with Crippen LogP contribution in [0.3, 0.4) is 0 Å². The predicted molar refractivity (Wildman–Crippen MR) is 46.8 cm³/mol. The van der Waals surface area contributed by atoms with Crippen molar-refractivity contribution in [2.24, 2.45) is 5.92 Å². The molecule has 1 aliphatic rings. The van der Waals surface area contributed by atoms with Crippen molar-refractivity contribution < 1.29 is 5.11 Å². The average Bonchev–Trinajstić information content (AvgIpc) is 2.60. The van der Waals surface area contributed by atoms with Gasteiger partial charge in [0.25, 0.3) is 0 Å². The van der Waals surface area contributed by atoms with Crippen LogP contribution >= 0.6 is 11.3 Å². The van der Waals surface area contributed by atoms with Crippen LogP contribution in [0.5, 0.6) is 0 Å². The van der Waals surface area contributed by atoms with E-state index in [9.17, 15) is 5.11 Å². The van der Waals surface area contributed by atoms with Gasteiger partial charge in [-0.1, -0.05) is 0 Å². The van der Waals surface area contributed by atoms with E-state index < -0.39 is 0 Å². The summed E-state index contributed by atoms with van der Waals surface area (Å²) in [5, 5.41) is 13.6. The molecule has 11 heavy (non-hydrogen) atoms. The molecule has 1 aliphatic carbocycles. The smallest absolute Gasteiger partial charge is 0.0546 e. The molecule has 0 unspecified atom stereocenters. The number of rotatable bonds is 2. The molecule has 0 amide bonds. The number of hydrogen-bond donors (Lipinski definition) is 1. The molecule has 1 heterocycles. The van der Waals surface area contributed by atoms with Gasteiger partial charge in [-0.05, 0) is 47.6 Å². The zero-order valence-corrected chi connectivity index (χ0v) is 7.34. The standard InChI is InChI=1S/C9H12OS/c1-6(10)8-4-9(8)7-2-3-11-5-7/h2-3,5-6,8-10H,4H2,1H3/t6-,8-,9+/m0/s1. The molecule has 0 aromatic carbocycles. The van der Waals surface area contributed by atoms with E-state index in [-0.39, 0.29) is 6.10 Å². The Morgan fingerprint density at radius 2 is 2.55 bits per heavy atom. The van der Waals surface area contributed by atoms with Gasteiger partial charge >= 0.3 is 0 Å². The van der Waals surface area contributed by atoms with Crippen molar-refractivity contribution in [1.29, 1.82) is 0 Å². The van der Waals surface area contributed by atoms with Gasteiger partial charge in [0, 0.05) is 0 Å². The molecular weight excluding hydrogens is 156 g/mol. The van der Waals surface area contributed by atoms with E-state index in [1.165, 1.54) is 12.0 Å². The van der Waals surface area contributed by atoms with E-state index in [0.29, 0.717) is 11.8 Å². The minimum Gasteiger partial charge on any atom is -0.393 e. The molecule has 1 nitrogen and oxygen atoms in total. The van der Waals surface area contributed by atoms with Crippen LogP contribution in [0.1, 0.15) is 24.8 Å². The molecule has 1 N–H and O–H groups in total. The van der Waals surface area contributed by atoms with Gasteiger partial charge in [-0.25, -0.2) is 0 Å². The molecule has 1 fully saturated rings. The van der Waals surface area contributed by atoms with Crippen LogP contribution in [0.15, 0.2) is 16.8 Å². The van der Waals surface area contributed by atoms with Gasteiger partial charge in [-0.2, -0.15) is 11.3 Å². The predicted octanol–water partition coefficient (Wildman–Crippen LogP) is 2.23. The first-order valence-corrected chi connectivity index (χ1v) is 4.93. The van der Waals surface area contributed by atoms with E-state index in [1.54, 1.807) is 11.3 Å². The Balaban J connectivity index is 2.02. The molecule has 0 radical (unpaired) electrons. The van der Waals surface area contributed by atoms with E-state index >= 15 is 0 Å². The highest BCUT2D eigenvalue weighted by atomic mass is 32.1. The molecule has 0 spiro atoms. The largest absolute Gasteiger partial charge is 0.393 e. The second-order valence-electron chi connectivity index (χ2n) is 3.30. The van der Waals surface area contributed by atoms with Crippen LogP contribution < -0.4 is 0 Å². The Morgan fingerprint density at radius 3 is 3.00 bits per heavy atom. The van der Waals surface area contributed by atoms with Crippen LogP contribution in [-0.2, 0) is 0 Å². The maximum atomic E-state index is 9.26. The van der Waals surface area contributed by atoms with Crippen molar-refractivity contribution >= 4 is 11.3 Å². The summed E-state index contributed by atoms with van der Waals surface area (Å²) in [6, 6.07) is 2.16. The quantitative estimate of drug-likeness (QED) is 0.718. The third-order valence-corrected chi connectivity index (χ3v) is 3.13. The minimum absolute atomic E-state index is 0.125. The molecule has 1 aromatic heterocycles. The molecule has 2 heteroatoms. The van der Waals surface area contributed by atoms with Gasteiger partial charge in [0.05, 0.1) is 6.10 Å². The van der Waals surface area contributed by atoms with Crippen LogP contribution in [0.4, 0.5) is 0 Å². The Bertz CT molecular complexity index is 228. The first-order chi connectivity index (χ1) is 5.29. The third kappa shape index (κ3) is 1.33. The van der Waals surface area contributed by atoms with Gasteiger partial charge in [-0.3, -0.25) is 0 Å². The highest BCUT2D eigenvalue weighted by molar-refractivity contribution is 7.08. The van der Waals surface area contributed by atoms with Gasteiger partial charge in [0.2, 0.25) is 0 Å². The van der Waals surface area contributed by atoms with Crippen molar-refractivity contribution in [3.8, 4) is 0 Å². The number of aliphatic hydroxyl groups excluding tert-OH is 1. The molecule has 1 aromatic rings. The first kappa shape index (κ1) is 7.32. The second-order valence-corrected chi connectivity index (χ2v) is 4.08. The second kappa shape index (κ2) is 2.61. The van der Waals surface area contributed by atoms with Gasteiger partial charge in [0.1, 0.15) is 0 Å². The summed E-state index contributed by atoms with van der Waals surface area (Å²) in [6.45, 7) is 1.89. The molecule has 1 saturated carbocycles. The Kier molecular flexibility index (Phi) is 1.74. The lowest BCUT2D eigenvalue weighted by molar-refractivity contribution is 0.169. The number of aliphatic hydroxyl groups is 1. The topological polar surface area (TPSA) is 20.2 Å². The van der Waals surface area contributed by atoms with Gasteiger partial charge in [0.15, 0.2) is 0 Å². The van der Waals surface area contributed by atoms with E-state index in [4.69, 9.17) is 0 Å². The summed E-state index contributed by atoms with van der Waals surface area (Å²) in [5.74, 6) is 1.19. The number of thiophene rings is 1. The lowest BCUT2D eigenvalue weighted by Crippen LogP contribution is -2.02. The first-order valence-electron chi connectivity index (χ1n) is 3.99. The Labute approximate surface area is 70.7 Å². The SMILES string of the molecule is C[C@H](O)[C@@H]1C[C@@H]1c1ccsc1. The fourth-order valence-electron chi connectivity index (χ4n) is 1.62. The summed E-state index contributed by atoms with van der Waals surface area (Å²) in [4.78, 5) is 0. The fourth-order valence-corrected chi connectivity index (χ4v) is 2.34. The van der Waals surface area contributed by atoms with Crippen LogP contribution in [0, 0.1) is 5.92 Å². The van der Waals surface area contributed by atoms with Crippen LogP contribution in [0.2, 0.25) is 0 Å². The highest BCUT2D eigenvalue weighted by Crippen LogP contribution is 2.49. The Morgan fingerprint density at radius 1 is 1.73 bits per heavy atom. The maximum Gasteiger partial charge on any atom is 0.0546 e. The normalized spacial score (nSPS) is 31.8. The molecule has 0 saturated heterocycles. The Hall–Kier alpha value is -0.340. The zero-order valence-electron chi connectivity index (χ0n) is 6.53. The summed E-state index contributed by atoms with van der Waals surface area (Å²) in [6.07, 6.45) is 1.05. The number of hydrogen-bond acceptors (Lipinski definition) is 2. The molecule has 2 rings (SSSR count). The maximum absolute atomic E-state index is 9.26. The third-order valence-electron chi connectivity index (χ3n) is 2.43. The van der Waals surface area contributed by atoms with Crippen molar-refractivity contribution in [2.75, 3.05) is 0 Å². The molecule has 0 bridgehead atoms. The minimum atomic E-state index is -0.125. The van der Waals surface area contributed by atoms with E-state index in [2.05, 4.69) is 16.8 Å². The molecule has 3 atom stereocenters. The van der Waals surface area contributed by atoms with Crippen molar-refractivity contribution in [3.05, 3.63) is 22.4 Å². The van der Waals surface area contributed by atoms with E-state index in [1.807, 2.05) is 6.92 Å². The molecule has 0 aliphatic heterocycles. The lowest BCUT2D eigenvalue weighted by atomic mass is 10.1. The summed E-state index contributed by atoms with van der Waals surface area (Å²) < 4.78 is 0.